The highest BCUT2D eigenvalue weighted by Gasteiger charge is 2.08. The predicted octanol–water partition coefficient (Wildman–Crippen LogP) is 2.77. The van der Waals surface area contributed by atoms with E-state index in [1.165, 1.54) is 17.3 Å². The van der Waals surface area contributed by atoms with E-state index in [9.17, 15) is 0 Å². The van der Waals surface area contributed by atoms with Gasteiger partial charge in [0.2, 0.25) is 11.1 Å². The molecule has 2 aromatic rings. The fraction of sp³-hybridized carbons (Fsp3) is 0.308. The molecular weight excluding hydrogens is 260 g/mol. The van der Waals surface area contributed by atoms with Gasteiger partial charge in [0.25, 0.3) is 0 Å². The molecule has 1 aromatic heterocycles. The Labute approximate surface area is 116 Å². The minimum Gasteiger partial charge on any atom is -0.464 e. The number of hydrogen-bond donors (Lipinski definition) is 1. The summed E-state index contributed by atoms with van der Waals surface area (Å²) in [5.41, 5.74) is 1.21. The standard InChI is InChI=1S/C13H16N4OS/c1-4-18-12-15-11(14-3)16-13(17-12)19-10-7-5-6-9(2)8-10/h5-8H,4H2,1-3H3,(H,14,15,16,17). The summed E-state index contributed by atoms with van der Waals surface area (Å²) in [6.45, 7) is 4.49. The zero-order valence-electron chi connectivity index (χ0n) is 11.2. The van der Waals surface area contributed by atoms with Crippen LogP contribution in [-0.4, -0.2) is 28.6 Å². The molecule has 0 radical (unpaired) electrons. The first kappa shape index (κ1) is 13.6. The van der Waals surface area contributed by atoms with Crippen LogP contribution >= 0.6 is 11.8 Å². The number of nitrogens with zero attached hydrogens (tertiary/aromatic N) is 3. The summed E-state index contributed by atoms with van der Waals surface area (Å²) in [5, 5.41) is 3.53. The maximum absolute atomic E-state index is 5.33. The van der Waals surface area contributed by atoms with Crippen LogP contribution in [0.2, 0.25) is 0 Å². The number of nitrogens with one attached hydrogen (secondary N) is 1. The summed E-state index contributed by atoms with van der Waals surface area (Å²) < 4.78 is 5.33. The number of anilines is 1. The molecule has 5 nitrogen and oxygen atoms in total. The fourth-order valence-corrected chi connectivity index (χ4v) is 2.33. The number of aryl methyl sites for hydroxylation is 1. The molecule has 0 saturated heterocycles. The molecule has 19 heavy (non-hydrogen) atoms. The van der Waals surface area contributed by atoms with Gasteiger partial charge >= 0.3 is 6.01 Å². The van der Waals surface area contributed by atoms with Crippen LogP contribution in [0.1, 0.15) is 12.5 Å². The van der Waals surface area contributed by atoms with Gasteiger partial charge in [-0.25, -0.2) is 0 Å². The van der Waals surface area contributed by atoms with Crippen molar-refractivity contribution in [3.05, 3.63) is 29.8 Å². The van der Waals surface area contributed by atoms with Gasteiger partial charge in [0.15, 0.2) is 0 Å². The maximum atomic E-state index is 5.33. The molecule has 6 heteroatoms. The van der Waals surface area contributed by atoms with Gasteiger partial charge in [0.1, 0.15) is 0 Å². The van der Waals surface area contributed by atoms with Crippen LogP contribution in [0.5, 0.6) is 6.01 Å². The second-order valence-corrected chi connectivity index (χ2v) is 4.87. The quantitative estimate of drug-likeness (QED) is 0.906. The molecule has 1 N–H and O–H groups in total. The summed E-state index contributed by atoms with van der Waals surface area (Å²) in [4.78, 5) is 13.8. The van der Waals surface area contributed by atoms with Crippen molar-refractivity contribution in [1.82, 2.24) is 15.0 Å². The van der Waals surface area contributed by atoms with Gasteiger partial charge in [-0.05, 0) is 37.7 Å². The first-order valence-corrected chi connectivity index (χ1v) is 6.84. The fourth-order valence-electron chi connectivity index (χ4n) is 1.47. The molecule has 0 amide bonds. The van der Waals surface area contributed by atoms with Gasteiger partial charge in [-0.3, -0.25) is 0 Å². The first-order valence-electron chi connectivity index (χ1n) is 6.02. The second-order valence-electron chi connectivity index (χ2n) is 3.83. The molecule has 0 bridgehead atoms. The third-order valence-electron chi connectivity index (χ3n) is 2.29. The monoisotopic (exact) mass is 276 g/mol. The maximum Gasteiger partial charge on any atom is 0.322 e. The average Bonchev–Trinajstić information content (AvgIpc) is 2.39. The Balaban J connectivity index is 2.26. The molecule has 100 valence electrons. The molecule has 0 aliphatic heterocycles. The van der Waals surface area contributed by atoms with Crippen molar-refractivity contribution in [2.45, 2.75) is 23.9 Å². The zero-order valence-corrected chi connectivity index (χ0v) is 12.0. The van der Waals surface area contributed by atoms with Gasteiger partial charge in [0, 0.05) is 11.9 Å². The van der Waals surface area contributed by atoms with Crippen LogP contribution in [-0.2, 0) is 0 Å². The number of benzene rings is 1. The predicted molar refractivity (Wildman–Crippen MR) is 75.8 cm³/mol. The average molecular weight is 276 g/mol. The van der Waals surface area contributed by atoms with Crippen molar-refractivity contribution in [2.24, 2.45) is 0 Å². The minimum absolute atomic E-state index is 0.344. The van der Waals surface area contributed by atoms with Crippen molar-refractivity contribution >= 4 is 17.7 Å². The van der Waals surface area contributed by atoms with Crippen LogP contribution in [0.4, 0.5) is 5.95 Å². The van der Waals surface area contributed by atoms with Crippen molar-refractivity contribution in [3.63, 3.8) is 0 Å². The smallest absolute Gasteiger partial charge is 0.322 e. The molecule has 1 aromatic carbocycles. The molecule has 0 aliphatic rings. The Kier molecular flexibility index (Phi) is 4.57. The molecule has 0 saturated carbocycles. The first-order chi connectivity index (χ1) is 9.21. The summed E-state index contributed by atoms with van der Waals surface area (Å²) in [5.74, 6) is 0.508. The lowest BCUT2D eigenvalue weighted by Gasteiger charge is -2.06. The summed E-state index contributed by atoms with van der Waals surface area (Å²) in [7, 11) is 1.77. The second kappa shape index (κ2) is 6.38. The lowest BCUT2D eigenvalue weighted by molar-refractivity contribution is 0.308. The lowest BCUT2D eigenvalue weighted by Crippen LogP contribution is -2.04. The van der Waals surface area contributed by atoms with E-state index in [1.54, 1.807) is 7.05 Å². The molecule has 0 spiro atoms. The van der Waals surface area contributed by atoms with E-state index in [-0.39, 0.29) is 0 Å². The molecule has 0 unspecified atom stereocenters. The Bertz CT molecular complexity index is 562. The van der Waals surface area contributed by atoms with Crippen LogP contribution in [0.25, 0.3) is 0 Å². The Morgan fingerprint density at radius 3 is 2.79 bits per heavy atom. The molecule has 1 heterocycles. The highest BCUT2D eigenvalue weighted by atomic mass is 32.2. The molecule has 0 aliphatic carbocycles. The molecular formula is C13H16N4OS. The van der Waals surface area contributed by atoms with E-state index in [2.05, 4.69) is 39.3 Å². The van der Waals surface area contributed by atoms with Crippen LogP contribution in [0.15, 0.2) is 34.3 Å². The largest absolute Gasteiger partial charge is 0.464 e. The SMILES string of the molecule is CCOc1nc(NC)nc(Sc2cccc(C)c2)n1. The summed E-state index contributed by atoms with van der Waals surface area (Å²) in [6.07, 6.45) is 0. The number of aromatic nitrogens is 3. The Morgan fingerprint density at radius 1 is 1.26 bits per heavy atom. The van der Waals surface area contributed by atoms with Gasteiger partial charge in [-0.2, -0.15) is 15.0 Å². The normalized spacial score (nSPS) is 10.3. The van der Waals surface area contributed by atoms with Gasteiger partial charge in [-0.15, -0.1) is 0 Å². The van der Waals surface area contributed by atoms with Crippen molar-refractivity contribution in [1.29, 1.82) is 0 Å². The Morgan fingerprint density at radius 2 is 2.11 bits per heavy atom. The van der Waals surface area contributed by atoms with Gasteiger partial charge < -0.3 is 10.1 Å². The van der Waals surface area contributed by atoms with E-state index in [1.807, 2.05) is 19.1 Å². The minimum atomic E-state index is 0.344. The van der Waals surface area contributed by atoms with Crippen molar-refractivity contribution < 1.29 is 4.74 Å². The summed E-state index contributed by atoms with van der Waals surface area (Å²) in [6, 6.07) is 8.54. The zero-order chi connectivity index (χ0) is 13.7. The molecule has 0 fully saturated rings. The van der Waals surface area contributed by atoms with E-state index < -0.39 is 0 Å². The third kappa shape index (κ3) is 3.82. The molecule has 2 rings (SSSR count). The Hall–Kier alpha value is -1.82. The van der Waals surface area contributed by atoms with Crippen molar-refractivity contribution in [2.75, 3.05) is 19.0 Å². The van der Waals surface area contributed by atoms with Crippen LogP contribution in [0.3, 0.4) is 0 Å². The third-order valence-corrected chi connectivity index (χ3v) is 3.14. The van der Waals surface area contributed by atoms with E-state index in [4.69, 9.17) is 4.74 Å². The van der Waals surface area contributed by atoms with Crippen LogP contribution < -0.4 is 10.1 Å². The van der Waals surface area contributed by atoms with E-state index >= 15 is 0 Å². The van der Waals surface area contributed by atoms with E-state index in [0.29, 0.717) is 23.7 Å². The highest BCUT2D eigenvalue weighted by molar-refractivity contribution is 7.99. The lowest BCUT2D eigenvalue weighted by atomic mass is 10.2. The number of ether oxygens (including phenoxy) is 1. The highest BCUT2D eigenvalue weighted by Crippen LogP contribution is 2.26. The van der Waals surface area contributed by atoms with Gasteiger partial charge in [0.05, 0.1) is 6.61 Å². The number of hydrogen-bond acceptors (Lipinski definition) is 6. The molecule has 0 atom stereocenters. The topological polar surface area (TPSA) is 59.9 Å². The van der Waals surface area contributed by atoms with Gasteiger partial charge in [-0.1, -0.05) is 17.7 Å². The summed E-state index contributed by atoms with van der Waals surface area (Å²) >= 11 is 1.49. The van der Waals surface area contributed by atoms with Crippen LogP contribution in [0, 0.1) is 6.92 Å². The van der Waals surface area contributed by atoms with Crippen molar-refractivity contribution in [3.8, 4) is 6.01 Å². The number of rotatable bonds is 5. The van der Waals surface area contributed by atoms with E-state index in [0.717, 1.165) is 4.90 Å².